The highest BCUT2D eigenvalue weighted by Gasteiger charge is 2.17. The molecule has 0 aliphatic carbocycles. The van der Waals surface area contributed by atoms with E-state index in [9.17, 15) is 4.79 Å². The normalized spacial score (nSPS) is 13.7. The van der Waals surface area contributed by atoms with Crippen molar-refractivity contribution in [2.24, 2.45) is 5.73 Å². The second-order valence-electron chi connectivity index (χ2n) is 4.93. The number of carbonyl (C=O) groups is 1. The molecule has 0 saturated heterocycles. The van der Waals surface area contributed by atoms with E-state index in [2.05, 4.69) is 12.2 Å². The number of carbonyl (C=O) groups excluding carboxylic acids is 1. The molecule has 112 valence electrons. The number of ether oxygens (including phenoxy) is 1. The third-order valence-corrected chi connectivity index (χ3v) is 3.31. The predicted octanol–water partition coefficient (Wildman–Crippen LogP) is 2.87. The van der Waals surface area contributed by atoms with E-state index < -0.39 is 6.10 Å². The van der Waals surface area contributed by atoms with Gasteiger partial charge in [-0.1, -0.05) is 31.0 Å². The first-order chi connectivity index (χ1) is 9.47. The van der Waals surface area contributed by atoms with Crippen LogP contribution in [0.15, 0.2) is 18.2 Å². The van der Waals surface area contributed by atoms with Gasteiger partial charge in [-0.25, -0.2) is 0 Å². The number of halogens is 1. The molecule has 0 aliphatic rings. The topological polar surface area (TPSA) is 64.3 Å². The molecule has 0 radical (unpaired) electrons. The Labute approximate surface area is 125 Å². The minimum atomic E-state index is -0.587. The van der Waals surface area contributed by atoms with Crippen LogP contribution in [0, 0.1) is 0 Å². The van der Waals surface area contributed by atoms with Gasteiger partial charge in [0.25, 0.3) is 5.91 Å². The van der Waals surface area contributed by atoms with Crippen molar-refractivity contribution < 1.29 is 9.53 Å². The molecule has 2 atom stereocenters. The van der Waals surface area contributed by atoms with E-state index >= 15 is 0 Å². The summed E-state index contributed by atoms with van der Waals surface area (Å²) in [5.41, 5.74) is 6.46. The van der Waals surface area contributed by atoms with Gasteiger partial charge in [0.15, 0.2) is 6.10 Å². The standard InChI is InChI=1S/C15H23ClN2O2/c1-4-5-10(2)18-15(19)11(3)20-14-7-6-12(9-17)8-13(14)16/h6-8,10-11H,4-5,9,17H2,1-3H3,(H,18,19). The van der Waals surface area contributed by atoms with E-state index in [-0.39, 0.29) is 11.9 Å². The van der Waals surface area contributed by atoms with Crippen molar-refractivity contribution in [2.45, 2.75) is 52.3 Å². The molecule has 0 heterocycles. The summed E-state index contributed by atoms with van der Waals surface area (Å²) < 4.78 is 5.60. The van der Waals surface area contributed by atoms with Crippen LogP contribution in [0.1, 0.15) is 39.2 Å². The predicted molar refractivity (Wildman–Crippen MR) is 81.9 cm³/mol. The van der Waals surface area contributed by atoms with Crippen LogP contribution < -0.4 is 15.8 Å². The zero-order chi connectivity index (χ0) is 15.1. The molecule has 3 N–H and O–H groups in total. The van der Waals surface area contributed by atoms with Crippen LogP contribution in [-0.2, 0) is 11.3 Å². The number of nitrogens with two attached hydrogens (primary N) is 1. The van der Waals surface area contributed by atoms with Gasteiger partial charge in [0.2, 0.25) is 0 Å². The molecule has 4 nitrogen and oxygen atoms in total. The van der Waals surface area contributed by atoms with Crippen molar-refractivity contribution in [2.75, 3.05) is 0 Å². The largest absolute Gasteiger partial charge is 0.479 e. The number of benzene rings is 1. The van der Waals surface area contributed by atoms with Crippen LogP contribution in [0.2, 0.25) is 5.02 Å². The Morgan fingerprint density at radius 3 is 2.70 bits per heavy atom. The Hall–Kier alpha value is -1.26. The van der Waals surface area contributed by atoms with Crippen molar-refractivity contribution in [3.05, 3.63) is 28.8 Å². The lowest BCUT2D eigenvalue weighted by Crippen LogP contribution is -2.41. The molecule has 5 heteroatoms. The van der Waals surface area contributed by atoms with E-state index in [1.807, 2.05) is 13.0 Å². The van der Waals surface area contributed by atoms with Crippen LogP contribution >= 0.6 is 11.6 Å². The molecule has 0 bridgehead atoms. The Bertz CT molecular complexity index is 451. The maximum atomic E-state index is 12.0. The average molecular weight is 299 g/mol. The molecule has 20 heavy (non-hydrogen) atoms. The van der Waals surface area contributed by atoms with E-state index in [0.717, 1.165) is 18.4 Å². The second-order valence-corrected chi connectivity index (χ2v) is 5.33. The van der Waals surface area contributed by atoms with Crippen LogP contribution in [0.25, 0.3) is 0 Å². The zero-order valence-corrected chi connectivity index (χ0v) is 13.0. The molecule has 2 unspecified atom stereocenters. The second kappa shape index (κ2) is 8.12. The number of hydrogen-bond donors (Lipinski definition) is 2. The van der Waals surface area contributed by atoms with Crippen molar-refractivity contribution in [1.82, 2.24) is 5.32 Å². The zero-order valence-electron chi connectivity index (χ0n) is 12.3. The quantitative estimate of drug-likeness (QED) is 0.813. The molecular weight excluding hydrogens is 276 g/mol. The Morgan fingerprint density at radius 2 is 2.15 bits per heavy atom. The Kier molecular flexibility index (Phi) is 6.82. The summed E-state index contributed by atoms with van der Waals surface area (Å²) in [6.07, 6.45) is 1.39. The molecule has 0 aromatic heterocycles. The fourth-order valence-electron chi connectivity index (χ4n) is 1.88. The summed E-state index contributed by atoms with van der Waals surface area (Å²) >= 11 is 6.10. The van der Waals surface area contributed by atoms with Gasteiger partial charge in [-0.15, -0.1) is 0 Å². The van der Waals surface area contributed by atoms with Crippen LogP contribution in [0.4, 0.5) is 0 Å². The smallest absolute Gasteiger partial charge is 0.260 e. The van der Waals surface area contributed by atoms with Gasteiger partial charge in [-0.2, -0.15) is 0 Å². The van der Waals surface area contributed by atoms with Crippen molar-refractivity contribution in [3.8, 4) is 5.75 Å². The lowest BCUT2D eigenvalue weighted by molar-refractivity contribution is -0.127. The highest BCUT2D eigenvalue weighted by molar-refractivity contribution is 6.32. The van der Waals surface area contributed by atoms with Crippen molar-refractivity contribution in [3.63, 3.8) is 0 Å². The van der Waals surface area contributed by atoms with Gasteiger partial charge >= 0.3 is 0 Å². The van der Waals surface area contributed by atoms with E-state index in [0.29, 0.717) is 17.3 Å². The van der Waals surface area contributed by atoms with Crippen LogP contribution in [-0.4, -0.2) is 18.1 Å². The molecule has 1 rings (SSSR count). The molecule has 0 spiro atoms. The molecule has 1 aromatic carbocycles. The highest BCUT2D eigenvalue weighted by atomic mass is 35.5. The van der Waals surface area contributed by atoms with Crippen LogP contribution in [0.5, 0.6) is 5.75 Å². The van der Waals surface area contributed by atoms with Gasteiger partial charge in [0.1, 0.15) is 5.75 Å². The van der Waals surface area contributed by atoms with Gasteiger partial charge in [-0.3, -0.25) is 4.79 Å². The highest BCUT2D eigenvalue weighted by Crippen LogP contribution is 2.26. The summed E-state index contributed by atoms with van der Waals surface area (Å²) in [5, 5.41) is 3.38. The summed E-state index contributed by atoms with van der Waals surface area (Å²) in [4.78, 5) is 12.0. The van der Waals surface area contributed by atoms with Crippen molar-refractivity contribution in [1.29, 1.82) is 0 Å². The SMILES string of the molecule is CCCC(C)NC(=O)C(C)Oc1ccc(CN)cc1Cl. The first kappa shape index (κ1) is 16.8. The monoisotopic (exact) mass is 298 g/mol. The molecular formula is C15H23ClN2O2. The lowest BCUT2D eigenvalue weighted by Gasteiger charge is -2.19. The third-order valence-electron chi connectivity index (χ3n) is 3.02. The van der Waals surface area contributed by atoms with Gasteiger partial charge in [-0.05, 0) is 38.0 Å². The van der Waals surface area contributed by atoms with Crippen molar-refractivity contribution >= 4 is 17.5 Å². The summed E-state index contributed by atoms with van der Waals surface area (Å²) in [6, 6.07) is 5.48. The number of hydrogen-bond acceptors (Lipinski definition) is 3. The minimum Gasteiger partial charge on any atom is -0.479 e. The fourth-order valence-corrected chi connectivity index (χ4v) is 2.12. The van der Waals surface area contributed by atoms with Gasteiger partial charge in [0, 0.05) is 12.6 Å². The van der Waals surface area contributed by atoms with Gasteiger partial charge in [0.05, 0.1) is 5.02 Å². The Balaban J connectivity index is 2.61. The first-order valence-electron chi connectivity index (χ1n) is 6.93. The van der Waals surface area contributed by atoms with E-state index in [4.69, 9.17) is 22.1 Å². The molecule has 1 amide bonds. The van der Waals surface area contributed by atoms with E-state index in [1.54, 1.807) is 19.1 Å². The number of rotatable bonds is 7. The maximum absolute atomic E-state index is 12.0. The molecule has 0 aliphatic heterocycles. The summed E-state index contributed by atoms with van der Waals surface area (Å²) in [5.74, 6) is 0.361. The van der Waals surface area contributed by atoms with Gasteiger partial charge < -0.3 is 15.8 Å². The average Bonchev–Trinajstić information content (AvgIpc) is 2.41. The molecule has 1 aromatic rings. The maximum Gasteiger partial charge on any atom is 0.260 e. The lowest BCUT2D eigenvalue weighted by atomic mass is 10.2. The third kappa shape index (κ3) is 5.02. The molecule has 0 fully saturated rings. The molecule has 0 saturated carbocycles. The Morgan fingerprint density at radius 1 is 1.45 bits per heavy atom. The summed E-state index contributed by atoms with van der Waals surface area (Å²) in [7, 11) is 0. The van der Waals surface area contributed by atoms with E-state index in [1.165, 1.54) is 0 Å². The first-order valence-corrected chi connectivity index (χ1v) is 7.31. The summed E-state index contributed by atoms with van der Waals surface area (Å²) in [6.45, 7) is 6.20. The number of nitrogens with one attached hydrogen (secondary N) is 1. The number of amides is 1. The fraction of sp³-hybridized carbons (Fsp3) is 0.533. The minimum absolute atomic E-state index is 0.134. The van der Waals surface area contributed by atoms with Crippen LogP contribution in [0.3, 0.4) is 0 Å².